The predicted molar refractivity (Wildman–Crippen MR) is 150 cm³/mol. The molecule has 190 valence electrons. The Balaban J connectivity index is 1.53. The average Bonchev–Trinajstić information content (AvgIpc) is 2.94. The molecule has 0 saturated carbocycles. The molecule has 1 N–H and O–H groups in total. The Labute approximate surface area is 221 Å². The van der Waals surface area contributed by atoms with E-state index in [9.17, 15) is 14.9 Å². The fraction of sp³-hybridized carbons (Fsp3) is 0.200. The minimum atomic E-state index is -0.579. The second-order valence-corrected chi connectivity index (χ2v) is 9.34. The van der Waals surface area contributed by atoms with E-state index < -0.39 is 5.91 Å². The second kappa shape index (κ2) is 10.6. The number of carbonyl (C=O) groups is 1. The molecule has 4 aromatic rings. The van der Waals surface area contributed by atoms with E-state index in [-0.39, 0.29) is 16.7 Å². The summed E-state index contributed by atoms with van der Waals surface area (Å²) in [5.74, 6) is -0.0992. The average molecular weight is 505 g/mol. The van der Waals surface area contributed by atoms with Gasteiger partial charge in [-0.3, -0.25) is 14.0 Å². The van der Waals surface area contributed by atoms with Gasteiger partial charge in [0.25, 0.3) is 11.5 Å². The molecule has 0 spiro atoms. The third-order valence-corrected chi connectivity index (χ3v) is 6.73. The van der Waals surface area contributed by atoms with Crippen LogP contribution in [0.3, 0.4) is 0 Å². The van der Waals surface area contributed by atoms with Gasteiger partial charge in [-0.1, -0.05) is 42.0 Å². The first-order valence-corrected chi connectivity index (χ1v) is 12.5. The summed E-state index contributed by atoms with van der Waals surface area (Å²) in [5, 5.41) is 12.6. The third-order valence-electron chi connectivity index (χ3n) is 6.73. The van der Waals surface area contributed by atoms with E-state index in [2.05, 4.69) is 27.2 Å². The van der Waals surface area contributed by atoms with Gasteiger partial charge in [0.1, 0.15) is 23.1 Å². The number of benzene rings is 2. The van der Waals surface area contributed by atoms with E-state index in [4.69, 9.17) is 4.98 Å². The number of piperazine rings is 1. The molecule has 8 heteroatoms. The van der Waals surface area contributed by atoms with E-state index in [1.54, 1.807) is 24.4 Å². The van der Waals surface area contributed by atoms with Gasteiger partial charge in [-0.25, -0.2) is 4.98 Å². The molecule has 0 aliphatic carbocycles. The van der Waals surface area contributed by atoms with Crippen LogP contribution in [0, 0.1) is 25.2 Å². The van der Waals surface area contributed by atoms with E-state index in [0.717, 1.165) is 29.9 Å². The maximum atomic E-state index is 13.7. The molecule has 1 saturated heterocycles. The van der Waals surface area contributed by atoms with Crippen LogP contribution in [0.25, 0.3) is 11.7 Å². The number of anilines is 3. The van der Waals surface area contributed by atoms with Gasteiger partial charge < -0.3 is 15.1 Å². The number of amides is 1. The van der Waals surface area contributed by atoms with Crippen molar-refractivity contribution in [3.8, 4) is 6.07 Å². The minimum Gasteiger partial charge on any atom is -0.368 e. The van der Waals surface area contributed by atoms with Gasteiger partial charge in [-0.05, 0) is 55.8 Å². The fourth-order valence-electron chi connectivity index (χ4n) is 4.61. The van der Waals surface area contributed by atoms with Crippen LogP contribution < -0.4 is 20.7 Å². The number of nitrogens with one attached hydrogen (secondary N) is 1. The maximum absolute atomic E-state index is 13.7. The third kappa shape index (κ3) is 5.00. The molecule has 2 aromatic heterocycles. The molecule has 38 heavy (non-hydrogen) atoms. The first-order chi connectivity index (χ1) is 18.4. The van der Waals surface area contributed by atoms with Crippen LogP contribution in [-0.2, 0) is 4.79 Å². The number of hydrogen-bond donors (Lipinski definition) is 1. The molecule has 8 nitrogen and oxygen atoms in total. The predicted octanol–water partition coefficient (Wildman–Crippen LogP) is 4.18. The zero-order chi connectivity index (χ0) is 26.6. The Hall–Kier alpha value is -4.90. The summed E-state index contributed by atoms with van der Waals surface area (Å²) in [6.07, 6.45) is 3.02. The van der Waals surface area contributed by atoms with Gasteiger partial charge >= 0.3 is 0 Å². The van der Waals surface area contributed by atoms with Crippen LogP contribution in [0.5, 0.6) is 0 Å². The number of nitrogens with zero attached hydrogens (tertiary/aromatic N) is 5. The molecule has 3 heterocycles. The molecule has 1 fully saturated rings. The van der Waals surface area contributed by atoms with E-state index in [1.807, 2.05) is 56.3 Å². The summed E-state index contributed by atoms with van der Waals surface area (Å²) in [6, 6.07) is 23.2. The summed E-state index contributed by atoms with van der Waals surface area (Å²) >= 11 is 0. The van der Waals surface area contributed by atoms with Crippen molar-refractivity contribution in [1.82, 2.24) is 9.38 Å². The highest BCUT2D eigenvalue weighted by atomic mass is 16.1. The Morgan fingerprint density at radius 1 is 0.947 bits per heavy atom. The van der Waals surface area contributed by atoms with Gasteiger partial charge in [0.15, 0.2) is 0 Å². The highest BCUT2D eigenvalue weighted by Crippen LogP contribution is 2.24. The smallest absolute Gasteiger partial charge is 0.267 e. The van der Waals surface area contributed by atoms with Crippen molar-refractivity contribution < 1.29 is 4.79 Å². The van der Waals surface area contributed by atoms with E-state index >= 15 is 0 Å². The number of aryl methyl sites for hydroxylation is 2. The van der Waals surface area contributed by atoms with Crippen molar-refractivity contribution >= 4 is 34.8 Å². The number of hydrogen-bond acceptors (Lipinski definition) is 6. The molecule has 0 atom stereocenters. The first kappa shape index (κ1) is 24.8. The number of rotatable bonds is 5. The summed E-state index contributed by atoms with van der Waals surface area (Å²) in [4.78, 5) is 35.9. The highest BCUT2D eigenvalue weighted by molar-refractivity contribution is 6.10. The SMILES string of the molecule is Cc1ccc(NC(=O)/C(C#N)=C/c2c(N3CCN(c4ccccc4)CC3)nc3c(C)cccn3c2=O)cc1. The zero-order valence-corrected chi connectivity index (χ0v) is 21.4. The molecule has 0 radical (unpaired) electrons. The number of aromatic nitrogens is 2. The molecule has 1 aliphatic heterocycles. The zero-order valence-electron chi connectivity index (χ0n) is 21.4. The molecule has 0 bridgehead atoms. The van der Waals surface area contributed by atoms with E-state index in [1.165, 1.54) is 10.5 Å². The van der Waals surface area contributed by atoms with Crippen LogP contribution >= 0.6 is 0 Å². The Morgan fingerprint density at radius 3 is 2.32 bits per heavy atom. The quantitative estimate of drug-likeness (QED) is 0.324. The Kier molecular flexibility index (Phi) is 6.92. The molecule has 2 aromatic carbocycles. The summed E-state index contributed by atoms with van der Waals surface area (Å²) in [6.45, 7) is 6.64. The van der Waals surface area contributed by atoms with Gasteiger partial charge in [0, 0.05) is 43.8 Å². The van der Waals surface area contributed by atoms with Crippen LogP contribution in [-0.4, -0.2) is 41.5 Å². The Bertz CT molecular complexity index is 1610. The summed E-state index contributed by atoms with van der Waals surface area (Å²) in [5.41, 5.74) is 3.92. The number of para-hydroxylation sites is 1. The number of fused-ring (bicyclic) bond motifs is 1. The van der Waals surface area contributed by atoms with Crippen molar-refractivity contribution in [2.75, 3.05) is 41.3 Å². The van der Waals surface area contributed by atoms with Crippen LogP contribution in [0.4, 0.5) is 17.2 Å². The van der Waals surface area contributed by atoms with E-state index in [0.29, 0.717) is 30.2 Å². The van der Waals surface area contributed by atoms with Crippen molar-refractivity contribution in [3.05, 3.63) is 106 Å². The lowest BCUT2D eigenvalue weighted by molar-refractivity contribution is -0.112. The molecule has 0 unspecified atom stereocenters. The first-order valence-electron chi connectivity index (χ1n) is 12.5. The topological polar surface area (TPSA) is 93.7 Å². The summed E-state index contributed by atoms with van der Waals surface area (Å²) < 4.78 is 1.47. The second-order valence-electron chi connectivity index (χ2n) is 9.34. The summed E-state index contributed by atoms with van der Waals surface area (Å²) in [7, 11) is 0. The monoisotopic (exact) mass is 504 g/mol. The molecule has 5 rings (SSSR count). The largest absolute Gasteiger partial charge is 0.368 e. The molecule has 1 amide bonds. The van der Waals surface area contributed by atoms with Crippen molar-refractivity contribution in [2.24, 2.45) is 0 Å². The van der Waals surface area contributed by atoms with Crippen molar-refractivity contribution in [3.63, 3.8) is 0 Å². The van der Waals surface area contributed by atoms with Crippen LogP contribution in [0.1, 0.15) is 16.7 Å². The standard InChI is InChI=1S/C30H28N6O2/c1-21-10-12-24(13-11-21)32-29(37)23(20-31)19-26-28(33-27-22(2)7-6-14-36(27)30(26)38)35-17-15-34(16-18-35)25-8-4-3-5-9-25/h3-14,19H,15-18H2,1-2H3,(H,32,37)/b23-19+. The van der Waals surface area contributed by atoms with Crippen molar-refractivity contribution in [2.45, 2.75) is 13.8 Å². The fourth-order valence-corrected chi connectivity index (χ4v) is 4.61. The Morgan fingerprint density at radius 2 is 1.63 bits per heavy atom. The molecular formula is C30H28N6O2. The van der Waals surface area contributed by atoms with Gasteiger partial charge in [0.05, 0.1) is 5.56 Å². The molecule has 1 aliphatic rings. The van der Waals surface area contributed by atoms with Crippen molar-refractivity contribution in [1.29, 1.82) is 5.26 Å². The molecular weight excluding hydrogens is 476 g/mol. The van der Waals surface area contributed by atoms with Gasteiger partial charge in [-0.2, -0.15) is 5.26 Å². The minimum absolute atomic E-state index is 0.166. The lowest BCUT2D eigenvalue weighted by Gasteiger charge is -2.37. The lowest BCUT2D eigenvalue weighted by Crippen LogP contribution is -2.47. The van der Waals surface area contributed by atoms with Gasteiger partial charge in [0.2, 0.25) is 0 Å². The van der Waals surface area contributed by atoms with Gasteiger partial charge in [-0.15, -0.1) is 0 Å². The normalized spacial score (nSPS) is 13.9. The number of carbonyl (C=O) groups excluding carboxylic acids is 1. The maximum Gasteiger partial charge on any atom is 0.267 e. The number of pyridine rings is 1. The van der Waals surface area contributed by atoms with Crippen LogP contribution in [0.15, 0.2) is 83.3 Å². The highest BCUT2D eigenvalue weighted by Gasteiger charge is 2.24. The van der Waals surface area contributed by atoms with Crippen LogP contribution in [0.2, 0.25) is 0 Å². The number of nitriles is 1. The lowest BCUT2D eigenvalue weighted by atomic mass is 10.1.